The van der Waals surface area contributed by atoms with E-state index in [1.807, 2.05) is 6.07 Å². The molecule has 7 heteroatoms. The first-order valence-corrected chi connectivity index (χ1v) is 9.74. The van der Waals surface area contributed by atoms with Gasteiger partial charge in [0.05, 0.1) is 20.4 Å². The Morgan fingerprint density at radius 2 is 1.96 bits per heavy atom. The minimum Gasteiger partial charge on any atom is -0.497 e. The van der Waals surface area contributed by atoms with Gasteiger partial charge in [-0.1, -0.05) is 0 Å². The summed E-state index contributed by atoms with van der Waals surface area (Å²) in [6.45, 7) is 5.09. The van der Waals surface area contributed by atoms with Crippen LogP contribution in [0.2, 0.25) is 0 Å². The smallest absolute Gasteiger partial charge is 0.179 e. The lowest BCUT2D eigenvalue weighted by molar-refractivity contribution is 0.253. The monoisotopic (exact) mass is 381 g/mol. The molecule has 0 bridgehead atoms. The lowest BCUT2D eigenvalue weighted by Gasteiger charge is -2.35. The summed E-state index contributed by atoms with van der Waals surface area (Å²) in [7, 11) is 3.38. The standard InChI is InChI=1S/C21H27N5O2/c1-27-17-5-6-19-18(12-17)16(13-23-19)4-3-7-25-8-10-26(11-9-25)21-20(28-2)14-22-15-24-21/h5-6,12-15,23H,3-4,7-11H2,1-2H3. The summed E-state index contributed by atoms with van der Waals surface area (Å²) in [4.78, 5) is 16.6. The number of nitrogens with zero attached hydrogens (tertiary/aromatic N) is 4. The lowest BCUT2D eigenvalue weighted by atomic mass is 10.1. The van der Waals surface area contributed by atoms with Crippen LogP contribution < -0.4 is 14.4 Å². The van der Waals surface area contributed by atoms with Crippen molar-refractivity contribution < 1.29 is 9.47 Å². The molecule has 0 radical (unpaired) electrons. The van der Waals surface area contributed by atoms with Gasteiger partial charge in [0, 0.05) is 43.3 Å². The second kappa shape index (κ2) is 8.48. The van der Waals surface area contributed by atoms with E-state index in [1.54, 1.807) is 26.7 Å². The number of H-pyrrole nitrogens is 1. The van der Waals surface area contributed by atoms with Crippen LogP contribution in [0.1, 0.15) is 12.0 Å². The largest absolute Gasteiger partial charge is 0.497 e. The Balaban J connectivity index is 1.29. The van der Waals surface area contributed by atoms with Gasteiger partial charge in [-0.05, 0) is 43.1 Å². The summed E-state index contributed by atoms with van der Waals surface area (Å²) in [5.41, 5.74) is 2.53. The van der Waals surface area contributed by atoms with Crippen molar-refractivity contribution in [3.63, 3.8) is 0 Å². The molecule has 7 nitrogen and oxygen atoms in total. The average Bonchev–Trinajstić information content (AvgIpc) is 3.16. The highest BCUT2D eigenvalue weighted by molar-refractivity contribution is 5.84. The minimum atomic E-state index is 0.741. The number of rotatable bonds is 7. The highest BCUT2D eigenvalue weighted by Crippen LogP contribution is 2.26. The Labute approximate surface area is 165 Å². The molecular weight excluding hydrogens is 354 g/mol. The first kappa shape index (κ1) is 18.6. The molecule has 0 unspecified atom stereocenters. The number of anilines is 1. The van der Waals surface area contributed by atoms with Crippen molar-refractivity contribution in [2.75, 3.05) is 51.8 Å². The van der Waals surface area contributed by atoms with Crippen molar-refractivity contribution in [2.24, 2.45) is 0 Å². The van der Waals surface area contributed by atoms with Crippen LogP contribution in [0, 0.1) is 0 Å². The van der Waals surface area contributed by atoms with Crippen LogP contribution in [0.4, 0.5) is 5.82 Å². The lowest BCUT2D eigenvalue weighted by Crippen LogP contribution is -2.47. The van der Waals surface area contributed by atoms with Gasteiger partial charge < -0.3 is 19.4 Å². The molecule has 1 saturated heterocycles. The van der Waals surface area contributed by atoms with Crippen molar-refractivity contribution in [2.45, 2.75) is 12.8 Å². The number of aromatic nitrogens is 3. The van der Waals surface area contributed by atoms with Gasteiger partial charge in [0.1, 0.15) is 12.1 Å². The molecule has 148 valence electrons. The van der Waals surface area contributed by atoms with E-state index < -0.39 is 0 Å². The Kier molecular flexibility index (Phi) is 5.62. The first-order chi connectivity index (χ1) is 13.8. The Morgan fingerprint density at radius 3 is 2.75 bits per heavy atom. The van der Waals surface area contributed by atoms with Crippen molar-refractivity contribution in [1.29, 1.82) is 0 Å². The summed E-state index contributed by atoms with van der Waals surface area (Å²) in [5.74, 6) is 2.54. The van der Waals surface area contributed by atoms with Gasteiger partial charge in [0.25, 0.3) is 0 Å². The number of aryl methyl sites for hydroxylation is 1. The van der Waals surface area contributed by atoms with Crippen LogP contribution in [-0.4, -0.2) is 66.8 Å². The first-order valence-electron chi connectivity index (χ1n) is 9.74. The molecular formula is C21H27N5O2. The fourth-order valence-corrected chi connectivity index (χ4v) is 3.86. The van der Waals surface area contributed by atoms with Crippen LogP contribution >= 0.6 is 0 Å². The zero-order valence-electron chi connectivity index (χ0n) is 16.5. The van der Waals surface area contributed by atoms with Gasteiger partial charge in [-0.15, -0.1) is 0 Å². The molecule has 1 aromatic carbocycles. The number of ether oxygens (including phenoxy) is 2. The van der Waals surface area contributed by atoms with E-state index in [9.17, 15) is 0 Å². The topological polar surface area (TPSA) is 66.5 Å². The molecule has 4 rings (SSSR count). The zero-order valence-corrected chi connectivity index (χ0v) is 16.5. The summed E-state index contributed by atoms with van der Waals surface area (Å²) in [5, 5.41) is 1.26. The number of piperazine rings is 1. The molecule has 0 saturated carbocycles. The summed E-state index contributed by atoms with van der Waals surface area (Å²) in [6.07, 6.45) is 7.64. The maximum Gasteiger partial charge on any atom is 0.179 e. The Bertz CT molecular complexity index is 918. The van der Waals surface area contributed by atoms with Crippen molar-refractivity contribution >= 4 is 16.7 Å². The minimum absolute atomic E-state index is 0.741. The molecule has 2 aromatic heterocycles. The predicted octanol–water partition coefficient (Wildman–Crippen LogP) is 2.73. The quantitative estimate of drug-likeness (QED) is 0.679. The van der Waals surface area contributed by atoms with Gasteiger partial charge in [0.15, 0.2) is 11.6 Å². The highest BCUT2D eigenvalue weighted by atomic mass is 16.5. The summed E-state index contributed by atoms with van der Waals surface area (Å²) in [6, 6.07) is 6.20. The number of aromatic amines is 1. The number of nitrogens with one attached hydrogen (secondary N) is 1. The third-order valence-electron chi connectivity index (χ3n) is 5.45. The molecule has 1 fully saturated rings. The van der Waals surface area contributed by atoms with Crippen molar-refractivity contribution in [3.05, 3.63) is 42.5 Å². The zero-order chi connectivity index (χ0) is 19.3. The highest BCUT2D eigenvalue weighted by Gasteiger charge is 2.20. The maximum absolute atomic E-state index is 5.39. The predicted molar refractivity (Wildman–Crippen MR) is 110 cm³/mol. The SMILES string of the molecule is COc1ccc2[nH]cc(CCCN3CCN(c4ncncc4OC)CC3)c2c1. The molecule has 0 aliphatic carbocycles. The number of hydrogen-bond acceptors (Lipinski definition) is 6. The van der Waals surface area contributed by atoms with Gasteiger partial charge in [-0.3, -0.25) is 4.90 Å². The van der Waals surface area contributed by atoms with E-state index >= 15 is 0 Å². The van der Waals surface area contributed by atoms with Crippen LogP contribution in [-0.2, 0) is 6.42 Å². The van der Waals surface area contributed by atoms with Gasteiger partial charge in [0.2, 0.25) is 0 Å². The summed E-state index contributed by atoms with van der Waals surface area (Å²) >= 11 is 0. The molecule has 0 spiro atoms. The average molecular weight is 381 g/mol. The molecule has 1 aliphatic rings. The fourth-order valence-electron chi connectivity index (χ4n) is 3.86. The van der Waals surface area contributed by atoms with E-state index in [1.165, 1.54) is 16.5 Å². The van der Waals surface area contributed by atoms with Crippen LogP contribution in [0.5, 0.6) is 11.5 Å². The maximum atomic E-state index is 5.39. The van der Waals surface area contributed by atoms with E-state index in [0.29, 0.717) is 0 Å². The van der Waals surface area contributed by atoms with E-state index in [2.05, 4.69) is 43.1 Å². The van der Waals surface area contributed by atoms with Crippen LogP contribution in [0.15, 0.2) is 36.9 Å². The second-order valence-corrected chi connectivity index (χ2v) is 7.07. The van der Waals surface area contributed by atoms with Gasteiger partial charge >= 0.3 is 0 Å². The van der Waals surface area contributed by atoms with Crippen molar-refractivity contribution in [1.82, 2.24) is 19.9 Å². The van der Waals surface area contributed by atoms with Gasteiger partial charge in [-0.25, -0.2) is 9.97 Å². The van der Waals surface area contributed by atoms with E-state index in [4.69, 9.17) is 9.47 Å². The molecule has 1 aliphatic heterocycles. The van der Waals surface area contributed by atoms with E-state index in [0.717, 1.165) is 62.9 Å². The Morgan fingerprint density at radius 1 is 1.11 bits per heavy atom. The molecule has 28 heavy (non-hydrogen) atoms. The molecule has 1 N–H and O–H groups in total. The fraction of sp³-hybridized carbons (Fsp3) is 0.429. The summed E-state index contributed by atoms with van der Waals surface area (Å²) < 4.78 is 10.8. The van der Waals surface area contributed by atoms with Crippen LogP contribution in [0.25, 0.3) is 10.9 Å². The Hall–Kier alpha value is -2.80. The molecule has 0 atom stereocenters. The number of hydrogen-bond donors (Lipinski definition) is 1. The molecule has 3 heterocycles. The van der Waals surface area contributed by atoms with Gasteiger partial charge in [-0.2, -0.15) is 0 Å². The van der Waals surface area contributed by atoms with E-state index in [-0.39, 0.29) is 0 Å². The third-order valence-corrected chi connectivity index (χ3v) is 5.45. The molecule has 3 aromatic rings. The van der Waals surface area contributed by atoms with Crippen molar-refractivity contribution in [3.8, 4) is 11.5 Å². The second-order valence-electron chi connectivity index (χ2n) is 7.07. The number of fused-ring (bicyclic) bond motifs is 1. The normalized spacial score (nSPS) is 15.1. The number of benzene rings is 1. The van der Waals surface area contributed by atoms with Crippen LogP contribution in [0.3, 0.4) is 0 Å². The third kappa shape index (κ3) is 3.89. The number of methoxy groups -OCH3 is 2. The molecule has 0 amide bonds.